The fourth-order valence-corrected chi connectivity index (χ4v) is 2.29. The maximum atomic E-state index is 12.0. The summed E-state index contributed by atoms with van der Waals surface area (Å²) < 4.78 is 5.56. The molecule has 104 valence electrons. The normalized spacial score (nSPS) is 19.3. The number of carboxylic acids is 1. The number of amides is 2. The van der Waals surface area contributed by atoms with E-state index >= 15 is 0 Å². The van der Waals surface area contributed by atoms with Crippen molar-refractivity contribution in [3.63, 3.8) is 0 Å². The van der Waals surface area contributed by atoms with Crippen LogP contribution in [0.2, 0.25) is 0 Å². The predicted octanol–water partition coefficient (Wildman–Crippen LogP) is 1.86. The molecule has 1 saturated heterocycles. The first kappa shape index (κ1) is 13.5. The third-order valence-corrected chi connectivity index (χ3v) is 3.34. The highest BCUT2D eigenvalue weighted by Crippen LogP contribution is 2.29. The Morgan fingerprint density at radius 1 is 1.53 bits per heavy atom. The first-order valence-corrected chi connectivity index (χ1v) is 6.29. The van der Waals surface area contributed by atoms with Gasteiger partial charge in [0, 0.05) is 20.0 Å². The van der Waals surface area contributed by atoms with Crippen molar-refractivity contribution in [2.75, 3.05) is 20.1 Å². The van der Waals surface area contributed by atoms with Crippen molar-refractivity contribution in [3.05, 3.63) is 23.7 Å². The molecule has 1 aromatic rings. The number of aryl methyl sites for hydroxylation is 1. The SMILES string of the molecule is Cc1ccc(C2CN(CCCC(=O)O)C(=O)N2C)o1. The van der Waals surface area contributed by atoms with E-state index in [1.807, 2.05) is 19.1 Å². The summed E-state index contributed by atoms with van der Waals surface area (Å²) in [5.41, 5.74) is 0. The fraction of sp³-hybridized carbons (Fsp3) is 0.538. The molecule has 2 rings (SSSR count). The van der Waals surface area contributed by atoms with E-state index in [1.165, 1.54) is 0 Å². The number of nitrogens with zero attached hydrogens (tertiary/aromatic N) is 2. The van der Waals surface area contributed by atoms with Crippen LogP contribution in [0.1, 0.15) is 30.4 Å². The molecule has 0 radical (unpaired) electrons. The second-order valence-electron chi connectivity index (χ2n) is 4.80. The summed E-state index contributed by atoms with van der Waals surface area (Å²) in [5, 5.41) is 8.61. The minimum atomic E-state index is -0.835. The number of carboxylic acid groups (broad SMARTS) is 1. The van der Waals surface area contributed by atoms with Gasteiger partial charge in [0.2, 0.25) is 0 Å². The van der Waals surface area contributed by atoms with E-state index in [9.17, 15) is 9.59 Å². The van der Waals surface area contributed by atoms with Crippen molar-refractivity contribution in [1.29, 1.82) is 0 Å². The van der Waals surface area contributed by atoms with Crippen LogP contribution in [0.5, 0.6) is 0 Å². The Morgan fingerprint density at radius 2 is 2.26 bits per heavy atom. The number of furan rings is 1. The summed E-state index contributed by atoms with van der Waals surface area (Å²) in [6.07, 6.45) is 0.552. The molecule has 0 aromatic carbocycles. The first-order valence-electron chi connectivity index (χ1n) is 6.29. The van der Waals surface area contributed by atoms with Crippen molar-refractivity contribution >= 4 is 12.0 Å². The Hall–Kier alpha value is -1.98. The van der Waals surface area contributed by atoms with Crippen LogP contribution in [0, 0.1) is 6.92 Å². The van der Waals surface area contributed by atoms with Crippen molar-refractivity contribution in [1.82, 2.24) is 9.80 Å². The van der Waals surface area contributed by atoms with Crippen LogP contribution >= 0.6 is 0 Å². The van der Waals surface area contributed by atoms with Gasteiger partial charge in [0.15, 0.2) is 0 Å². The average molecular weight is 266 g/mol. The molecule has 1 N–H and O–H groups in total. The molecule has 1 aromatic heterocycles. The molecule has 1 fully saturated rings. The van der Waals surface area contributed by atoms with E-state index in [0.717, 1.165) is 11.5 Å². The highest BCUT2D eigenvalue weighted by molar-refractivity contribution is 5.77. The van der Waals surface area contributed by atoms with Crippen LogP contribution in [0.25, 0.3) is 0 Å². The number of likely N-dealkylation sites (N-methyl/N-ethyl adjacent to an activating group) is 1. The lowest BCUT2D eigenvalue weighted by atomic mass is 10.2. The lowest BCUT2D eigenvalue weighted by Gasteiger charge is -2.15. The molecule has 1 unspecified atom stereocenters. The number of hydrogen-bond donors (Lipinski definition) is 1. The number of hydrogen-bond acceptors (Lipinski definition) is 3. The average Bonchev–Trinajstić information content (AvgIpc) is 2.87. The second-order valence-corrected chi connectivity index (χ2v) is 4.80. The molecule has 0 bridgehead atoms. The molecule has 0 saturated carbocycles. The van der Waals surface area contributed by atoms with Crippen LogP contribution < -0.4 is 0 Å². The van der Waals surface area contributed by atoms with Crippen molar-refractivity contribution in [3.8, 4) is 0 Å². The van der Waals surface area contributed by atoms with Crippen molar-refractivity contribution in [2.24, 2.45) is 0 Å². The lowest BCUT2D eigenvalue weighted by Crippen LogP contribution is -2.30. The smallest absolute Gasteiger partial charge is 0.320 e. The van der Waals surface area contributed by atoms with Crippen LogP contribution in [-0.2, 0) is 4.79 Å². The Balaban J connectivity index is 1.98. The highest BCUT2D eigenvalue weighted by Gasteiger charge is 2.36. The molecule has 0 aliphatic carbocycles. The Bertz CT molecular complexity index is 483. The molecule has 19 heavy (non-hydrogen) atoms. The largest absolute Gasteiger partial charge is 0.481 e. The van der Waals surface area contributed by atoms with Crippen molar-refractivity contribution in [2.45, 2.75) is 25.8 Å². The van der Waals surface area contributed by atoms with Gasteiger partial charge in [0.1, 0.15) is 17.6 Å². The van der Waals surface area contributed by atoms with Gasteiger partial charge in [-0.2, -0.15) is 0 Å². The van der Waals surface area contributed by atoms with E-state index in [-0.39, 0.29) is 18.5 Å². The number of rotatable bonds is 5. The first-order chi connectivity index (χ1) is 8.99. The van der Waals surface area contributed by atoms with Crippen LogP contribution in [0.15, 0.2) is 16.5 Å². The van der Waals surface area contributed by atoms with Gasteiger partial charge in [-0.1, -0.05) is 0 Å². The summed E-state index contributed by atoms with van der Waals surface area (Å²) in [7, 11) is 1.74. The van der Waals surface area contributed by atoms with E-state index in [0.29, 0.717) is 19.5 Å². The standard InChI is InChI=1S/C13H18N2O4/c1-9-5-6-11(19-9)10-8-15(13(18)14(10)2)7-3-4-12(16)17/h5-6,10H,3-4,7-8H2,1-2H3,(H,16,17). The van der Waals surface area contributed by atoms with Crippen LogP contribution in [-0.4, -0.2) is 47.0 Å². The summed E-state index contributed by atoms with van der Waals surface area (Å²) in [6, 6.07) is 3.58. The minimum absolute atomic E-state index is 0.0792. The van der Waals surface area contributed by atoms with Gasteiger partial charge in [0.05, 0.1) is 6.54 Å². The quantitative estimate of drug-likeness (QED) is 0.882. The molecular formula is C13H18N2O4. The third kappa shape index (κ3) is 2.89. The van der Waals surface area contributed by atoms with Crippen LogP contribution in [0.3, 0.4) is 0 Å². The van der Waals surface area contributed by atoms with Gasteiger partial charge in [-0.05, 0) is 25.5 Å². The maximum Gasteiger partial charge on any atom is 0.320 e. The summed E-state index contributed by atoms with van der Waals surface area (Å²) in [6.45, 7) is 2.87. The van der Waals surface area contributed by atoms with Gasteiger partial charge >= 0.3 is 12.0 Å². The Kier molecular flexibility index (Phi) is 3.78. The van der Waals surface area contributed by atoms with Gasteiger partial charge < -0.3 is 19.3 Å². The topological polar surface area (TPSA) is 74.0 Å². The predicted molar refractivity (Wildman–Crippen MR) is 67.8 cm³/mol. The minimum Gasteiger partial charge on any atom is -0.481 e. The van der Waals surface area contributed by atoms with Crippen molar-refractivity contribution < 1.29 is 19.1 Å². The van der Waals surface area contributed by atoms with Gasteiger partial charge in [-0.3, -0.25) is 4.79 Å². The van der Waals surface area contributed by atoms with Gasteiger partial charge in [0.25, 0.3) is 0 Å². The summed E-state index contributed by atoms with van der Waals surface area (Å²) >= 11 is 0. The number of urea groups is 1. The maximum absolute atomic E-state index is 12.0. The second kappa shape index (κ2) is 5.34. The number of carbonyl (C=O) groups is 2. The van der Waals surface area contributed by atoms with Crippen LogP contribution in [0.4, 0.5) is 4.79 Å². The summed E-state index contributed by atoms with van der Waals surface area (Å²) in [4.78, 5) is 25.8. The van der Waals surface area contributed by atoms with E-state index in [1.54, 1.807) is 16.8 Å². The molecule has 2 heterocycles. The fourth-order valence-electron chi connectivity index (χ4n) is 2.29. The van der Waals surface area contributed by atoms with Gasteiger partial charge in [-0.25, -0.2) is 4.79 Å². The monoisotopic (exact) mass is 266 g/mol. The zero-order valence-electron chi connectivity index (χ0n) is 11.1. The Labute approximate surface area is 111 Å². The molecule has 1 aliphatic heterocycles. The molecule has 6 nitrogen and oxygen atoms in total. The van der Waals surface area contributed by atoms with E-state index in [2.05, 4.69) is 0 Å². The molecule has 2 amide bonds. The lowest BCUT2D eigenvalue weighted by molar-refractivity contribution is -0.137. The van der Waals surface area contributed by atoms with E-state index < -0.39 is 5.97 Å². The Morgan fingerprint density at radius 3 is 2.84 bits per heavy atom. The molecule has 1 atom stereocenters. The third-order valence-electron chi connectivity index (χ3n) is 3.34. The summed E-state index contributed by atoms with van der Waals surface area (Å²) in [5.74, 6) is 0.757. The zero-order chi connectivity index (χ0) is 14.0. The molecular weight excluding hydrogens is 248 g/mol. The number of carbonyl (C=O) groups excluding carboxylic acids is 1. The number of aliphatic carboxylic acids is 1. The van der Waals surface area contributed by atoms with Gasteiger partial charge in [-0.15, -0.1) is 0 Å². The molecule has 1 aliphatic rings. The molecule has 0 spiro atoms. The molecule has 6 heteroatoms. The highest BCUT2D eigenvalue weighted by atomic mass is 16.4. The van der Waals surface area contributed by atoms with E-state index in [4.69, 9.17) is 9.52 Å². The zero-order valence-corrected chi connectivity index (χ0v) is 11.1.